The first-order valence-corrected chi connectivity index (χ1v) is 9.00. The Balaban J connectivity index is 1.89. The standard InChI is InChI=1S/C21H27BN2O2/c1-20(2)21(3,4)26-22(25-20)17(15-23)14-16-10-8-9-13-19(16)24-18-11-6-5-7-12-18/h5-14,24H,15,23H2,1-4H3. The number of anilines is 2. The molecule has 3 rings (SSSR count). The van der Waals surface area contributed by atoms with Crippen LogP contribution in [0.1, 0.15) is 33.3 Å². The van der Waals surface area contributed by atoms with Crippen LogP contribution in [-0.2, 0) is 9.31 Å². The molecule has 0 aliphatic carbocycles. The van der Waals surface area contributed by atoms with Gasteiger partial charge in [0.2, 0.25) is 0 Å². The van der Waals surface area contributed by atoms with Crippen molar-refractivity contribution in [2.45, 2.75) is 38.9 Å². The third-order valence-electron chi connectivity index (χ3n) is 5.15. The Kier molecular flexibility index (Phi) is 5.23. The summed E-state index contributed by atoms with van der Waals surface area (Å²) in [7, 11) is -0.435. The second kappa shape index (κ2) is 7.27. The molecular formula is C21H27BN2O2. The molecule has 0 bridgehead atoms. The third-order valence-corrected chi connectivity index (χ3v) is 5.15. The van der Waals surface area contributed by atoms with Gasteiger partial charge in [0.1, 0.15) is 0 Å². The Morgan fingerprint density at radius 1 is 0.962 bits per heavy atom. The lowest BCUT2D eigenvalue weighted by Crippen LogP contribution is -2.41. The number of nitrogens with two attached hydrogens (primary N) is 1. The van der Waals surface area contributed by atoms with Crippen LogP contribution < -0.4 is 11.1 Å². The zero-order chi connectivity index (χ0) is 18.8. The fourth-order valence-electron chi connectivity index (χ4n) is 2.83. The second-order valence-electron chi connectivity index (χ2n) is 7.59. The van der Waals surface area contributed by atoms with E-state index in [1.165, 1.54) is 0 Å². The zero-order valence-electron chi connectivity index (χ0n) is 16.0. The highest BCUT2D eigenvalue weighted by Gasteiger charge is 2.52. The minimum Gasteiger partial charge on any atom is -0.400 e. The smallest absolute Gasteiger partial charge is 0.400 e. The lowest BCUT2D eigenvalue weighted by molar-refractivity contribution is 0.00578. The Labute approximate surface area is 156 Å². The lowest BCUT2D eigenvalue weighted by atomic mass is 9.77. The van der Waals surface area contributed by atoms with Crippen molar-refractivity contribution in [3.63, 3.8) is 0 Å². The molecule has 4 nitrogen and oxygen atoms in total. The van der Waals surface area contributed by atoms with Crippen LogP contribution in [0.25, 0.3) is 6.08 Å². The van der Waals surface area contributed by atoms with E-state index in [9.17, 15) is 0 Å². The van der Waals surface area contributed by atoms with Crippen LogP contribution in [0.4, 0.5) is 11.4 Å². The average Bonchev–Trinajstić information content (AvgIpc) is 2.82. The summed E-state index contributed by atoms with van der Waals surface area (Å²) < 4.78 is 12.3. The molecule has 3 N–H and O–H groups in total. The molecule has 1 saturated heterocycles. The van der Waals surface area contributed by atoms with Gasteiger partial charge in [0.15, 0.2) is 0 Å². The summed E-state index contributed by atoms with van der Waals surface area (Å²) in [5.74, 6) is 0. The van der Waals surface area contributed by atoms with Gasteiger partial charge < -0.3 is 20.4 Å². The van der Waals surface area contributed by atoms with Crippen LogP contribution in [0.5, 0.6) is 0 Å². The number of benzene rings is 2. The summed E-state index contributed by atoms with van der Waals surface area (Å²) in [5, 5.41) is 3.46. The molecule has 136 valence electrons. The first-order valence-electron chi connectivity index (χ1n) is 9.00. The quantitative estimate of drug-likeness (QED) is 0.785. The molecule has 2 aromatic carbocycles. The minimum atomic E-state index is -0.435. The summed E-state index contributed by atoms with van der Waals surface area (Å²) >= 11 is 0. The number of hydrogen-bond acceptors (Lipinski definition) is 4. The van der Waals surface area contributed by atoms with Crippen molar-refractivity contribution in [1.82, 2.24) is 0 Å². The van der Waals surface area contributed by atoms with Gasteiger partial charge in [0, 0.05) is 17.9 Å². The van der Waals surface area contributed by atoms with E-state index in [2.05, 4.69) is 23.5 Å². The number of nitrogens with one attached hydrogen (secondary N) is 1. The van der Waals surface area contributed by atoms with Crippen LogP contribution in [0.2, 0.25) is 0 Å². The van der Waals surface area contributed by atoms with E-state index in [0.29, 0.717) is 6.54 Å². The second-order valence-corrected chi connectivity index (χ2v) is 7.59. The van der Waals surface area contributed by atoms with Crippen molar-refractivity contribution in [1.29, 1.82) is 0 Å². The van der Waals surface area contributed by atoms with E-state index in [1.54, 1.807) is 0 Å². The topological polar surface area (TPSA) is 56.5 Å². The molecule has 0 aromatic heterocycles. The summed E-state index contributed by atoms with van der Waals surface area (Å²) in [4.78, 5) is 0. The number of para-hydroxylation sites is 2. The van der Waals surface area contributed by atoms with E-state index >= 15 is 0 Å². The van der Waals surface area contributed by atoms with Crippen LogP contribution in [0.15, 0.2) is 60.1 Å². The lowest BCUT2D eigenvalue weighted by Gasteiger charge is -2.32. The van der Waals surface area contributed by atoms with Gasteiger partial charge in [-0.25, -0.2) is 0 Å². The molecule has 5 heteroatoms. The molecule has 0 unspecified atom stereocenters. The van der Waals surface area contributed by atoms with Crippen molar-refractivity contribution >= 4 is 24.6 Å². The summed E-state index contributed by atoms with van der Waals surface area (Å²) in [6.45, 7) is 8.56. The van der Waals surface area contributed by atoms with E-state index in [1.807, 2.05) is 70.2 Å². The Morgan fingerprint density at radius 2 is 1.54 bits per heavy atom. The highest BCUT2D eigenvalue weighted by Crippen LogP contribution is 2.39. The highest BCUT2D eigenvalue weighted by atomic mass is 16.7. The molecule has 1 heterocycles. The highest BCUT2D eigenvalue weighted by molar-refractivity contribution is 6.56. The Hall–Kier alpha value is -2.08. The fourth-order valence-corrected chi connectivity index (χ4v) is 2.83. The summed E-state index contributed by atoms with van der Waals surface area (Å²) in [6, 6.07) is 18.2. The molecule has 2 aromatic rings. The fraction of sp³-hybridized carbons (Fsp3) is 0.333. The van der Waals surface area contributed by atoms with Crippen LogP contribution in [-0.4, -0.2) is 24.9 Å². The van der Waals surface area contributed by atoms with Gasteiger partial charge in [-0.1, -0.05) is 42.5 Å². The van der Waals surface area contributed by atoms with Crippen molar-refractivity contribution in [2.75, 3.05) is 11.9 Å². The predicted octanol–water partition coefficient (Wildman–Crippen LogP) is 4.40. The maximum atomic E-state index is 6.16. The third kappa shape index (κ3) is 3.85. The van der Waals surface area contributed by atoms with Gasteiger partial charge >= 0.3 is 7.12 Å². The van der Waals surface area contributed by atoms with Gasteiger partial charge in [-0.3, -0.25) is 0 Å². The Bertz CT molecular complexity index is 772. The van der Waals surface area contributed by atoms with E-state index in [0.717, 1.165) is 22.4 Å². The molecule has 0 spiro atoms. The molecule has 26 heavy (non-hydrogen) atoms. The van der Waals surface area contributed by atoms with Crippen molar-refractivity contribution < 1.29 is 9.31 Å². The maximum Gasteiger partial charge on any atom is 0.491 e. The summed E-state index contributed by atoms with van der Waals surface area (Å²) in [6.07, 6.45) is 2.06. The van der Waals surface area contributed by atoms with Gasteiger partial charge in [0.25, 0.3) is 0 Å². The largest absolute Gasteiger partial charge is 0.491 e. The van der Waals surface area contributed by atoms with Gasteiger partial charge in [-0.05, 0) is 56.9 Å². The van der Waals surface area contributed by atoms with Crippen molar-refractivity contribution in [2.24, 2.45) is 5.73 Å². The molecule has 1 fully saturated rings. The molecule has 1 aliphatic rings. The zero-order valence-corrected chi connectivity index (χ0v) is 16.0. The van der Waals surface area contributed by atoms with Crippen molar-refractivity contribution in [3.05, 3.63) is 65.6 Å². The van der Waals surface area contributed by atoms with E-state index in [4.69, 9.17) is 15.0 Å². The van der Waals surface area contributed by atoms with Gasteiger partial charge in [0.05, 0.1) is 11.2 Å². The molecule has 0 amide bonds. The molecular weight excluding hydrogens is 323 g/mol. The summed E-state index contributed by atoms with van der Waals surface area (Å²) in [5.41, 5.74) is 9.29. The predicted molar refractivity (Wildman–Crippen MR) is 109 cm³/mol. The first-order chi connectivity index (χ1) is 12.3. The maximum absolute atomic E-state index is 6.16. The van der Waals surface area contributed by atoms with Gasteiger partial charge in [-0.2, -0.15) is 0 Å². The van der Waals surface area contributed by atoms with Gasteiger partial charge in [-0.15, -0.1) is 0 Å². The van der Waals surface area contributed by atoms with Crippen LogP contribution in [0.3, 0.4) is 0 Å². The van der Waals surface area contributed by atoms with Crippen LogP contribution >= 0.6 is 0 Å². The molecule has 1 aliphatic heterocycles. The minimum absolute atomic E-state index is 0.372. The molecule has 0 radical (unpaired) electrons. The number of hydrogen-bond donors (Lipinski definition) is 2. The van der Waals surface area contributed by atoms with E-state index < -0.39 is 7.12 Å². The molecule has 0 atom stereocenters. The monoisotopic (exact) mass is 350 g/mol. The SMILES string of the molecule is CC1(C)OB(C(=Cc2ccccc2Nc2ccccc2)CN)OC1(C)C. The number of rotatable bonds is 5. The average molecular weight is 350 g/mol. The molecule has 0 saturated carbocycles. The first kappa shape index (κ1) is 18.7. The van der Waals surface area contributed by atoms with Crippen molar-refractivity contribution in [3.8, 4) is 0 Å². The van der Waals surface area contributed by atoms with E-state index in [-0.39, 0.29) is 11.2 Å². The normalized spacial score (nSPS) is 18.8. The Morgan fingerprint density at radius 3 is 2.15 bits per heavy atom. The van der Waals surface area contributed by atoms with Crippen LogP contribution in [0, 0.1) is 0 Å².